The molecule has 0 bridgehead atoms. The van der Waals surface area contributed by atoms with Gasteiger partial charge in [-0.15, -0.1) is 0 Å². The van der Waals surface area contributed by atoms with Gasteiger partial charge in [-0.25, -0.2) is 4.79 Å². The Bertz CT molecular complexity index is 415. The number of nitrogens with one attached hydrogen (secondary N) is 1. The number of methoxy groups -OCH3 is 1. The molecule has 3 amide bonds. The highest BCUT2D eigenvalue weighted by atomic mass is 16.5. The minimum atomic E-state index is -0.611. The van der Waals surface area contributed by atoms with E-state index in [4.69, 9.17) is 0 Å². The lowest BCUT2D eigenvalue weighted by Crippen LogP contribution is -2.57. The van der Waals surface area contributed by atoms with Crippen LogP contribution >= 0.6 is 0 Å². The fourth-order valence-corrected chi connectivity index (χ4v) is 2.41. The molecule has 0 aliphatic carbocycles. The van der Waals surface area contributed by atoms with Gasteiger partial charge in [0.2, 0.25) is 11.8 Å². The van der Waals surface area contributed by atoms with Crippen LogP contribution in [0.5, 0.6) is 0 Å². The summed E-state index contributed by atoms with van der Waals surface area (Å²) in [6.45, 7) is 9.53. The van der Waals surface area contributed by atoms with Crippen molar-refractivity contribution < 1.29 is 19.1 Å². The van der Waals surface area contributed by atoms with Gasteiger partial charge in [0.15, 0.2) is 0 Å². The normalized spacial score (nSPS) is 16.7. The third-order valence-corrected chi connectivity index (χ3v) is 3.79. The van der Waals surface area contributed by atoms with Crippen LogP contribution in [0, 0.1) is 11.8 Å². The molecule has 22 heavy (non-hydrogen) atoms. The number of piperazine rings is 1. The maximum Gasteiger partial charge on any atom is 0.407 e. The number of carbonyl (C=O) groups excluding carboxylic acids is 3. The van der Waals surface area contributed by atoms with Crippen LogP contribution in [0.1, 0.15) is 27.7 Å². The lowest BCUT2D eigenvalue weighted by molar-refractivity contribution is -0.142. The molecule has 0 aromatic carbocycles. The molecular weight excluding hydrogens is 286 g/mol. The van der Waals surface area contributed by atoms with Crippen LogP contribution in [0.4, 0.5) is 4.79 Å². The Morgan fingerprint density at radius 1 is 0.909 bits per heavy atom. The second-order valence-corrected chi connectivity index (χ2v) is 6.16. The maximum absolute atomic E-state index is 12.6. The van der Waals surface area contributed by atoms with Crippen molar-refractivity contribution in [2.75, 3.05) is 33.3 Å². The Kier molecular flexibility index (Phi) is 6.64. The van der Waals surface area contributed by atoms with Crippen LogP contribution in [-0.2, 0) is 14.3 Å². The van der Waals surface area contributed by atoms with Gasteiger partial charge < -0.3 is 19.9 Å². The van der Waals surface area contributed by atoms with Crippen molar-refractivity contribution in [3.63, 3.8) is 0 Å². The second-order valence-electron chi connectivity index (χ2n) is 6.16. The first kappa shape index (κ1) is 18.3. The summed E-state index contributed by atoms with van der Waals surface area (Å²) < 4.78 is 4.57. The highest BCUT2D eigenvalue weighted by Gasteiger charge is 2.32. The molecule has 1 N–H and O–H groups in total. The summed E-state index contributed by atoms with van der Waals surface area (Å²) in [5.41, 5.74) is 0. The van der Waals surface area contributed by atoms with Crippen LogP contribution in [0.15, 0.2) is 0 Å². The molecule has 0 radical (unpaired) electrons. The van der Waals surface area contributed by atoms with Gasteiger partial charge in [0.05, 0.1) is 7.11 Å². The molecule has 1 fully saturated rings. The fraction of sp³-hybridized carbons (Fsp3) is 0.800. The topological polar surface area (TPSA) is 79.0 Å². The van der Waals surface area contributed by atoms with Crippen LogP contribution in [0.2, 0.25) is 0 Å². The average molecular weight is 313 g/mol. The van der Waals surface area contributed by atoms with E-state index in [1.165, 1.54) is 7.11 Å². The Labute approximate surface area is 132 Å². The maximum atomic E-state index is 12.6. The number of carbonyl (C=O) groups is 3. The molecule has 0 aromatic heterocycles. The number of rotatable bonds is 4. The highest BCUT2D eigenvalue weighted by Crippen LogP contribution is 2.11. The molecule has 0 unspecified atom stereocenters. The minimum Gasteiger partial charge on any atom is -0.453 e. The van der Waals surface area contributed by atoms with Crippen molar-refractivity contribution in [1.29, 1.82) is 0 Å². The van der Waals surface area contributed by atoms with E-state index < -0.39 is 12.1 Å². The number of hydrogen-bond donors (Lipinski definition) is 1. The highest BCUT2D eigenvalue weighted by molar-refractivity contribution is 5.86. The molecule has 1 aliphatic heterocycles. The van der Waals surface area contributed by atoms with Crippen molar-refractivity contribution in [3.05, 3.63) is 0 Å². The molecule has 1 heterocycles. The zero-order valence-electron chi connectivity index (χ0n) is 14.1. The number of amides is 3. The molecule has 7 nitrogen and oxygen atoms in total. The van der Waals surface area contributed by atoms with Gasteiger partial charge in [0.25, 0.3) is 0 Å². The summed E-state index contributed by atoms with van der Waals surface area (Å²) in [6.07, 6.45) is -0.610. The number of ether oxygens (including phenoxy) is 1. The zero-order valence-corrected chi connectivity index (χ0v) is 14.1. The van der Waals surface area contributed by atoms with E-state index >= 15 is 0 Å². The van der Waals surface area contributed by atoms with E-state index in [0.717, 1.165) is 0 Å². The van der Waals surface area contributed by atoms with E-state index in [1.54, 1.807) is 9.80 Å². The summed E-state index contributed by atoms with van der Waals surface area (Å²) in [7, 11) is 1.27. The summed E-state index contributed by atoms with van der Waals surface area (Å²) >= 11 is 0. The molecule has 126 valence electrons. The molecule has 0 saturated carbocycles. The quantitative estimate of drug-likeness (QED) is 0.828. The van der Waals surface area contributed by atoms with Crippen molar-refractivity contribution in [2.45, 2.75) is 33.7 Å². The molecule has 0 spiro atoms. The third kappa shape index (κ3) is 4.61. The van der Waals surface area contributed by atoms with Gasteiger partial charge in [-0.3, -0.25) is 9.59 Å². The van der Waals surface area contributed by atoms with Crippen molar-refractivity contribution in [1.82, 2.24) is 15.1 Å². The molecule has 1 aliphatic rings. The molecular formula is C15H27N3O4. The summed E-state index contributed by atoms with van der Waals surface area (Å²) in [5, 5.41) is 2.58. The van der Waals surface area contributed by atoms with Gasteiger partial charge in [-0.2, -0.15) is 0 Å². The summed E-state index contributed by atoms with van der Waals surface area (Å²) in [4.78, 5) is 39.4. The van der Waals surface area contributed by atoms with Gasteiger partial charge >= 0.3 is 6.09 Å². The van der Waals surface area contributed by atoms with Crippen LogP contribution in [0.25, 0.3) is 0 Å². The molecule has 0 aromatic rings. The van der Waals surface area contributed by atoms with Crippen LogP contribution in [0.3, 0.4) is 0 Å². The first-order valence-corrected chi connectivity index (χ1v) is 7.70. The monoisotopic (exact) mass is 313 g/mol. The van der Waals surface area contributed by atoms with Crippen molar-refractivity contribution in [3.8, 4) is 0 Å². The van der Waals surface area contributed by atoms with Gasteiger partial charge in [-0.05, 0) is 5.92 Å². The van der Waals surface area contributed by atoms with Gasteiger partial charge in [0, 0.05) is 32.1 Å². The molecule has 7 heteroatoms. The van der Waals surface area contributed by atoms with Crippen LogP contribution in [-0.4, -0.2) is 67.0 Å². The Balaban J connectivity index is 2.62. The van der Waals surface area contributed by atoms with Gasteiger partial charge in [0.1, 0.15) is 6.04 Å². The molecule has 1 rings (SSSR count). The summed E-state index contributed by atoms with van der Waals surface area (Å²) in [6, 6.07) is -0.611. The predicted octanol–water partition coefficient (Wildman–Crippen LogP) is 0.694. The average Bonchev–Trinajstić information content (AvgIpc) is 2.50. The number of hydrogen-bond acceptors (Lipinski definition) is 4. The lowest BCUT2D eigenvalue weighted by Gasteiger charge is -2.37. The second kappa shape index (κ2) is 8.00. The minimum absolute atomic E-state index is 0.0355. The van der Waals surface area contributed by atoms with Gasteiger partial charge in [-0.1, -0.05) is 27.7 Å². The standard InChI is InChI=1S/C15H27N3O4/c1-10(2)12(16-15(21)22-5)14(20)18-8-6-17(7-9-18)13(19)11(3)4/h10-12H,6-9H2,1-5H3,(H,16,21)/t12-/m0/s1. The fourth-order valence-electron chi connectivity index (χ4n) is 2.41. The smallest absolute Gasteiger partial charge is 0.407 e. The predicted molar refractivity (Wildman–Crippen MR) is 82.2 cm³/mol. The summed E-state index contributed by atoms with van der Waals surface area (Å²) in [5.74, 6) is -0.0918. The number of alkyl carbamates (subject to hydrolysis) is 1. The number of nitrogens with zero attached hydrogens (tertiary/aromatic N) is 2. The SMILES string of the molecule is COC(=O)N[C@H](C(=O)N1CCN(C(=O)C(C)C)CC1)C(C)C. The van der Waals surface area contributed by atoms with Crippen LogP contribution < -0.4 is 5.32 Å². The van der Waals surface area contributed by atoms with E-state index in [0.29, 0.717) is 26.2 Å². The lowest BCUT2D eigenvalue weighted by atomic mass is 10.0. The zero-order chi connectivity index (χ0) is 16.9. The third-order valence-electron chi connectivity index (χ3n) is 3.79. The molecule has 1 saturated heterocycles. The Morgan fingerprint density at radius 2 is 1.36 bits per heavy atom. The Morgan fingerprint density at radius 3 is 1.73 bits per heavy atom. The van der Waals surface area contributed by atoms with E-state index in [9.17, 15) is 14.4 Å². The molecule has 1 atom stereocenters. The van der Waals surface area contributed by atoms with E-state index in [-0.39, 0.29) is 23.7 Å². The van der Waals surface area contributed by atoms with Crippen molar-refractivity contribution in [2.24, 2.45) is 11.8 Å². The van der Waals surface area contributed by atoms with E-state index in [2.05, 4.69) is 10.1 Å². The first-order chi connectivity index (χ1) is 10.3. The Hall–Kier alpha value is -1.79. The van der Waals surface area contributed by atoms with Crippen molar-refractivity contribution >= 4 is 17.9 Å². The van der Waals surface area contributed by atoms with E-state index in [1.807, 2.05) is 27.7 Å². The first-order valence-electron chi connectivity index (χ1n) is 7.70. The largest absolute Gasteiger partial charge is 0.453 e.